The van der Waals surface area contributed by atoms with Gasteiger partial charge in [0.15, 0.2) is 0 Å². The van der Waals surface area contributed by atoms with Crippen LogP contribution in [0.25, 0.3) is 10.9 Å². The molecule has 1 saturated carbocycles. The number of halogens is 1. The number of anilines is 2. The van der Waals surface area contributed by atoms with E-state index >= 15 is 0 Å². The predicted molar refractivity (Wildman–Crippen MR) is 144 cm³/mol. The summed E-state index contributed by atoms with van der Waals surface area (Å²) in [7, 11) is 0. The van der Waals surface area contributed by atoms with E-state index in [0.29, 0.717) is 51.3 Å². The molecule has 36 heavy (non-hydrogen) atoms. The van der Waals surface area contributed by atoms with Gasteiger partial charge < -0.3 is 16.1 Å². The molecule has 0 spiro atoms. The van der Waals surface area contributed by atoms with Gasteiger partial charge >= 0.3 is 0 Å². The SMILES string of the molecule is [2H][C@](Nc1cc(Cl)c2ncc(C#N)c(NCC(C)(C)C)c2c1)(C1=CN(C2CC2)NN1)c1cccnc1C. The van der Waals surface area contributed by atoms with Gasteiger partial charge in [-0.15, -0.1) is 5.53 Å². The third kappa shape index (κ3) is 5.03. The van der Waals surface area contributed by atoms with Crippen LogP contribution < -0.4 is 21.6 Å². The summed E-state index contributed by atoms with van der Waals surface area (Å²) in [6.07, 6.45) is 7.44. The molecule has 8 nitrogen and oxygen atoms in total. The van der Waals surface area contributed by atoms with Gasteiger partial charge in [-0.2, -0.15) is 5.26 Å². The second-order valence-electron chi connectivity index (χ2n) is 10.5. The molecular weight excluding hydrogens is 472 g/mol. The summed E-state index contributed by atoms with van der Waals surface area (Å²) in [6.45, 7) is 8.93. The third-order valence-corrected chi connectivity index (χ3v) is 6.47. The number of nitriles is 1. The first-order chi connectivity index (χ1) is 17.6. The van der Waals surface area contributed by atoms with E-state index in [2.05, 4.69) is 58.4 Å². The summed E-state index contributed by atoms with van der Waals surface area (Å²) < 4.78 is 9.69. The van der Waals surface area contributed by atoms with Crippen molar-refractivity contribution in [3.8, 4) is 6.07 Å². The summed E-state index contributed by atoms with van der Waals surface area (Å²) >= 11 is 6.72. The molecule has 3 heterocycles. The van der Waals surface area contributed by atoms with E-state index in [4.69, 9.17) is 11.6 Å². The van der Waals surface area contributed by atoms with Crippen molar-refractivity contribution < 1.29 is 1.37 Å². The average molecular weight is 504 g/mol. The number of hydrazine groups is 2. The number of nitrogens with one attached hydrogen (secondary N) is 4. The zero-order chi connectivity index (χ0) is 26.4. The van der Waals surface area contributed by atoms with Gasteiger partial charge in [-0.1, -0.05) is 38.4 Å². The number of aryl methyl sites for hydroxylation is 1. The average Bonchev–Trinajstić information content (AvgIpc) is 3.57. The minimum Gasteiger partial charge on any atom is -0.383 e. The number of pyridine rings is 2. The van der Waals surface area contributed by atoms with Gasteiger partial charge in [0.25, 0.3) is 0 Å². The van der Waals surface area contributed by atoms with Crippen molar-refractivity contribution in [2.75, 3.05) is 17.2 Å². The zero-order valence-corrected chi connectivity index (χ0v) is 21.7. The van der Waals surface area contributed by atoms with Gasteiger partial charge in [-0.3, -0.25) is 15.0 Å². The van der Waals surface area contributed by atoms with E-state index < -0.39 is 6.02 Å². The number of rotatable bonds is 7. The van der Waals surface area contributed by atoms with Crippen molar-refractivity contribution in [1.82, 2.24) is 25.9 Å². The molecule has 186 valence electrons. The highest BCUT2D eigenvalue weighted by molar-refractivity contribution is 6.35. The van der Waals surface area contributed by atoms with Crippen LogP contribution in [0.15, 0.2) is 48.6 Å². The van der Waals surface area contributed by atoms with Crippen molar-refractivity contribution in [3.05, 3.63) is 70.4 Å². The first kappa shape index (κ1) is 22.9. The van der Waals surface area contributed by atoms with Crippen LogP contribution in [0.3, 0.4) is 0 Å². The Hall–Kier alpha value is -3.54. The number of benzene rings is 1. The molecule has 0 radical (unpaired) electrons. The molecule has 1 atom stereocenters. The van der Waals surface area contributed by atoms with Crippen LogP contribution in [-0.2, 0) is 0 Å². The fourth-order valence-electron chi connectivity index (χ4n) is 4.14. The number of hydrogen-bond acceptors (Lipinski definition) is 8. The van der Waals surface area contributed by atoms with Crippen molar-refractivity contribution in [2.24, 2.45) is 5.41 Å². The van der Waals surface area contributed by atoms with Crippen molar-refractivity contribution in [1.29, 1.82) is 5.26 Å². The van der Waals surface area contributed by atoms with E-state index in [1.165, 1.54) is 0 Å². The van der Waals surface area contributed by atoms with Crippen LogP contribution in [0, 0.1) is 23.7 Å². The van der Waals surface area contributed by atoms with E-state index in [-0.39, 0.29) is 5.41 Å². The summed E-state index contributed by atoms with van der Waals surface area (Å²) in [4.78, 5) is 8.91. The van der Waals surface area contributed by atoms with Crippen LogP contribution >= 0.6 is 11.6 Å². The predicted octanol–water partition coefficient (Wildman–Crippen LogP) is 5.40. The smallest absolute Gasteiger partial charge is 0.103 e. The summed E-state index contributed by atoms with van der Waals surface area (Å²) in [5.74, 6) is 0. The molecule has 0 amide bonds. The zero-order valence-electron chi connectivity index (χ0n) is 21.9. The molecule has 2 aromatic heterocycles. The molecule has 9 heteroatoms. The maximum absolute atomic E-state index is 9.79. The third-order valence-electron chi connectivity index (χ3n) is 6.18. The molecular formula is C27H31ClN8. The highest BCUT2D eigenvalue weighted by atomic mass is 35.5. The van der Waals surface area contributed by atoms with E-state index in [0.717, 1.165) is 23.9 Å². The first-order valence-corrected chi connectivity index (χ1v) is 12.5. The Balaban J connectivity index is 1.61. The Kier molecular flexibility index (Phi) is 6.04. The van der Waals surface area contributed by atoms with E-state index in [1.54, 1.807) is 18.5 Å². The minimum atomic E-state index is -1.40. The standard InChI is InChI=1S/C27H31ClN8/c1-16-20(6-5-9-30-16)26(23-14-36(35-34-23)19-7-8-19)33-18-10-21-24(32-15-27(2,3)4)17(12-29)13-31-25(21)22(28)11-18/h5-6,9-11,13-14,19,26,33-35H,7-8,15H2,1-4H3,(H,31,32)/t26-/m1/s1/i26D. The highest BCUT2D eigenvalue weighted by Crippen LogP contribution is 2.37. The molecule has 1 fully saturated rings. The van der Waals surface area contributed by atoms with Crippen LogP contribution in [0.1, 0.15) is 57.8 Å². The number of nitrogens with zero attached hydrogens (tertiary/aromatic N) is 4. The van der Waals surface area contributed by atoms with Gasteiger partial charge in [0.2, 0.25) is 0 Å². The molecule has 2 aliphatic rings. The molecule has 0 bridgehead atoms. The fourth-order valence-corrected chi connectivity index (χ4v) is 4.41. The summed E-state index contributed by atoms with van der Waals surface area (Å²) in [5, 5.41) is 19.8. The normalized spacial score (nSPS) is 17.6. The number of aromatic nitrogens is 2. The Morgan fingerprint density at radius 1 is 1.33 bits per heavy atom. The Labute approximate surface area is 218 Å². The Morgan fingerprint density at radius 2 is 2.14 bits per heavy atom. The van der Waals surface area contributed by atoms with Gasteiger partial charge in [-0.25, -0.2) is 0 Å². The highest BCUT2D eigenvalue weighted by Gasteiger charge is 2.32. The lowest BCUT2D eigenvalue weighted by atomic mass is 9.96. The monoisotopic (exact) mass is 503 g/mol. The van der Waals surface area contributed by atoms with Crippen LogP contribution in [-0.4, -0.2) is 27.6 Å². The van der Waals surface area contributed by atoms with Gasteiger partial charge in [-0.05, 0) is 43.4 Å². The van der Waals surface area contributed by atoms with Crippen molar-refractivity contribution >= 4 is 33.9 Å². The molecule has 1 aliphatic carbocycles. The van der Waals surface area contributed by atoms with E-state index in [1.807, 2.05) is 36.3 Å². The molecule has 1 aliphatic heterocycles. The lowest BCUT2D eigenvalue weighted by Gasteiger charge is -2.24. The lowest BCUT2D eigenvalue weighted by Crippen LogP contribution is -2.38. The van der Waals surface area contributed by atoms with Crippen LogP contribution in [0.4, 0.5) is 11.4 Å². The Bertz CT molecular complexity index is 1420. The molecule has 5 rings (SSSR count). The van der Waals surface area contributed by atoms with Gasteiger partial charge in [0.05, 0.1) is 34.9 Å². The van der Waals surface area contributed by atoms with Crippen LogP contribution in [0.5, 0.6) is 0 Å². The second kappa shape index (κ2) is 9.49. The maximum atomic E-state index is 9.79. The van der Waals surface area contributed by atoms with Gasteiger partial charge in [0, 0.05) is 53.5 Å². The summed E-state index contributed by atoms with van der Waals surface area (Å²) in [5.41, 5.74) is 10.8. The number of fused-ring (bicyclic) bond motifs is 1. The molecule has 3 aromatic rings. The molecule has 4 N–H and O–H groups in total. The molecule has 0 saturated heterocycles. The summed E-state index contributed by atoms with van der Waals surface area (Å²) in [6, 6.07) is 8.67. The minimum absolute atomic E-state index is 0.00279. The Morgan fingerprint density at radius 3 is 2.83 bits per heavy atom. The van der Waals surface area contributed by atoms with E-state index in [9.17, 15) is 6.63 Å². The van der Waals surface area contributed by atoms with Crippen molar-refractivity contribution in [2.45, 2.75) is 52.6 Å². The second-order valence-corrected chi connectivity index (χ2v) is 10.9. The topological polar surface area (TPSA) is 101 Å². The van der Waals surface area contributed by atoms with Crippen LogP contribution in [0.2, 0.25) is 5.02 Å². The van der Waals surface area contributed by atoms with Gasteiger partial charge in [0.1, 0.15) is 6.07 Å². The lowest BCUT2D eigenvalue weighted by molar-refractivity contribution is 0.260. The van der Waals surface area contributed by atoms with Crippen molar-refractivity contribution in [3.63, 3.8) is 0 Å². The maximum Gasteiger partial charge on any atom is 0.103 e. The first-order valence-electron chi connectivity index (χ1n) is 12.6. The molecule has 1 aromatic carbocycles. The quantitative estimate of drug-likeness (QED) is 0.340. The molecule has 0 unspecified atom stereocenters. The number of hydrogen-bond donors (Lipinski definition) is 4. The fraction of sp³-hybridized carbons (Fsp3) is 0.370. The largest absolute Gasteiger partial charge is 0.383 e.